The van der Waals surface area contributed by atoms with Crippen LogP contribution < -0.4 is 4.89 Å². The van der Waals surface area contributed by atoms with E-state index in [4.69, 9.17) is 9.78 Å². The number of nitrogens with zero attached hydrogens (tertiary/aromatic N) is 1. The van der Waals surface area contributed by atoms with Crippen LogP contribution in [0.5, 0.6) is 5.75 Å². The van der Waals surface area contributed by atoms with Gasteiger partial charge in [-0.3, -0.25) is 4.79 Å². The van der Waals surface area contributed by atoms with E-state index >= 15 is 0 Å². The van der Waals surface area contributed by atoms with Gasteiger partial charge in [-0.2, -0.15) is 18.1 Å². The molecule has 2 aromatic carbocycles. The number of alkyl halides is 3. The fourth-order valence-corrected chi connectivity index (χ4v) is 4.24. The minimum Gasteiger partial charge on any atom is -0.480 e. The van der Waals surface area contributed by atoms with Gasteiger partial charge < -0.3 is 14.9 Å². The fourth-order valence-electron chi connectivity index (χ4n) is 4.24. The summed E-state index contributed by atoms with van der Waals surface area (Å²) >= 11 is 0. The molecule has 1 amide bonds. The Bertz CT molecular complexity index is 1100. The number of carbonyl (C=O) groups excluding carboxylic acids is 1. The molecule has 1 N–H and O–H groups in total. The van der Waals surface area contributed by atoms with Crippen LogP contribution >= 0.6 is 0 Å². The van der Waals surface area contributed by atoms with Crippen molar-refractivity contribution in [3.63, 3.8) is 0 Å². The van der Waals surface area contributed by atoms with Crippen LogP contribution in [-0.2, 0) is 27.1 Å². The van der Waals surface area contributed by atoms with Crippen LogP contribution in [0.4, 0.5) is 13.2 Å². The quantitative estimate of drug-likeness (QED) is 0.527. The molecule has 33 heavy (non-hydrogen) atoms. The van der Waals surface area contributed by atoms with Crippen LogP contribution in [0.3, 0.4) is 0 Å². The number of fused-ring (bicyclic) bond motifs is 1. The van der Waals surface area contributed by atoms with Gasteiger partial charge in [0.2, 0.25) is 5.91 Å². The van der Waals surface area contributed by atoms with Crippen molar-refractivity contribution in [3.05, 3.63) is 59.2 Å². The number of carbonyl (C=O) groups is 2. The highest BCUT2D eigenvalue weighted by atomic mass is 19.4. The number of carboxylic acids is 1. The third-order valence-corrected chi connectivity index (χ3v) is 5.83. The summed E-state index contributed by atoms with van der Waals surface area (Å²) in [6.45, 7) is 0.585. The highest BCUT2D eigenvalue weighted by molar-refractivity contribution is 5.96. The van der Waals surface area contributed by atoms with Gasteiger partial charge in [-0.05, 0) is 54.7 Å². The lowest BCUT2D eigenvalue weighted by molar-refractivity contribution is -0.215. The Labute approximate surface area is 188 Å². The molecule has 1 saturated heterocycles. The first-order valence-corrected chi connectivity index (χ1v) is 10.6. The van der Waals surface area contributed by atoms with Crippen LogP contribution in [0, 0.1) is 0 Å². The molecule has 9 heteroatoms. The smallest absolute Gasteiger partial charge is 0.417 e. The van der Waals surface area contributed by atoms with Crippen LogP contribution in [0.2, 0.25) is 0 Å². The Morgan fingerprint density at radius 2 is 1.97 bits per heavy atom. The van der Waals surface area contributed by atoms with Crippen LogP contribution in [0.15, 0.2) is 42.5 Å². The van der Waals surface area contributed by atoms with Gasteiger partial charge in [-0.25, -0.2) is 4.79 Å². The highest BCUT2D eigenvalue weighted by Crippen LogP contribution is 2.41. The van der Waals surface area contributed by atoms with Crippen LogP contribution in [0.25, 0.3) is 17.2 Å². The zero-order chi connectivity index (χ0) is 23.6. The molecule has 174 valence electrons. The summed E-state index contributed by atoms with van der Waals surface area (Å²) in [4.78, 5) is 35.5. The molecule has 0 aliphatic carbocycles. The minimum absolute atomic E-state index is 0.0585. The molecule has 2 aliphatic rings. The van der Waals surface area contributed by atoms with Crippen molar-refractivity contribution < 1.29 is 37.6 Å². The standard InChI is InChI=1S/C24H22F3NO5/c25-24(26,27)18-5-3-4-15(8-10-21(29)28-12-2-1-6-19(28)23(30)31)22(18)17-7-9-20-16(14-17)11-13-32-33-20/h3-5,7-10,14,19H,1-2,6,11-13H2,(H,30,31)/b10-8+. The molecule has 0 aromatic heterocycles. The van der Waals surface area contributed by atoms with E-state index in [1.165, 1.54) is 29.2 Å². The predicted molar refractivity (Wildman–Crippen MR) is 113 cm³/mol. The summed E-state index contributed by atoms with van der Waals surface area (Å²) in [6.07, 6.45) is 0.0840. The molecule has 1 unspecified atom stereocenters. The van der Waals surface area contributed by atoms with Crippen molar-refractivity contribution in [3.8, 4) is 16.9 Å². The van der Waals surface area contributed by atoms with Gasteiger partial charge in [-0.1, -0.05) is 18.2 Å². The fraction of sp³-hybridized carbons (Fsp3) is 0.333. The van der Waals surface area contributed by atoms with Crippen molar-refractivity contribution in [1.82, 2.24) is 4.90 Å². The second-order valence-corrected chi connectivity index (χ2v) is 7.96. The van der Waals surface area contributed by atoms with E-state index in [0.29, 0.717) is 50.1 Å². The lowest BCUT2D eigenvalue weighted by Crippen LogP contribution is -2.47. The van der Waals surface area contributed by atoms with E-state index in [1.54, 1.807) is 12.1 Å². The molecule has 1 fully saturated rings. The number of aliphatic carboxylic acids is 1. The van der Waals surface area contributed by atoms with E-state index < -0.39 is 29.7 Å². The first-order chi connectivity index (χ1) is 15.8. The summed E-state index contributed by atoms with van der Waals surface area (Å²) in [6, 6.07) is 7.55. The SMILES string of the molecule is O=C(O)C1CCCCN1C(=O)/C=C/c1cccc(C(F)(F)F)c1-c1ccc2c(c1)CCOO2. The monoisotopic (exact) mass is 461 g/mol. The number of halogens is 3. The second-order valence-electron chi connectivity index (χ2n) is 7.96. The van der Waals surface area contributed by atoms with E-state index in [0.717, 1.165) is 17.7 Å². The number of piperidine rings is 1. The van der Waals surface area contributed by atoms with Crippen molar-refractivity contribution in [2.24, 2.45) is 0 Å². The Morgan fingerprint density at radius 1 is 1.15 bits per heavy atom. The number of hydrogen-bond acceptors (Lipinski definition) is 4. The maximum absolute atomic E-state index is 13.9. The summed E-state index contributed by atoms with van der Waals surface area (Å²) in [5.41, 5.74) is 0.373. The molecule has 4 rings (SSSR count). The van der Waals surface area contributed by atoms with Crippen molar-refractivity contribution >= 4 is 18.0 Å². The topological polar surface area (TPSA) is 76.1 Å². The van der Waals surface area contributed by atoms with E-state index in [1.807, 2.05) is 0 Å². The van der Waals surface area contributed by atoms with Crippen LogP contribution in [0.1, 0.15) is 36.0 Å². The minimum atomic E-state index is -4.61. The Hall–Kier alpha value is -3.33. The lowest BCUT2D eigenvalue weighted by atomic mass is 9.91. The van der Waals surface area contributed by atoms with Gasteiger partial charge in [0.05, 0.1) is 12.2 Å². The number of likely N-dealkylation sites (tertiary alicyclic amines) is 1. The average Bonchev–Trinajstić information content (AvgIpc) is 2.81. The number of carboxylic acid groups (broad SMARTS) is 1. The zero-order valence-corrected chi connectivity index (χ0v) is 17.6. The first-order valence-electron chi connectivity index (χ1n) is 10.6. The molecule has 2 aromatic rings. The molecule has 0 radical (unpaired) electrons. The second kappa shape index (κ2) is 9.27. The number of hydrogen-bond donors (Lipinski definition) is 1. The van der Waals surface area contributed by atoms with Gasteiger partial charge in [0.15, 0.2) is 5.75 Å². The lowest BCUT2D eigenvalue weighted by Gasteiger charge is -2.32. The number of rotatable bonds is 4. The molecule has 0 bridgehead atoms. The maximum atomic E-state index is 13.9. The van der Waals surface area contributed by atoms with Gasteiger partial charge >= 0.3 is 12.1 Å². The molecular weight excluding hydrogens is 439 g/mol. The van der Waals surface area contributed by atoms with Crippen molar-refractivity contribution in [1.29, 1.82) is 0 Å². The van der Waals surface area contributed by atoms with E-state index in [-0.39, 0.29) is 11.1 Å². The van der Waals surface area contributed by atoms with E-state index in [2.05, 4.69) is 0 Å². The Morgan fingerprint density at radius 3 is 2.73 bits per heavy atom. The predicted octanol–water partition coefficient (Wildman–Crippen LogP) is 4.72. The summed E-state index contributed by atoms with van der Waals surface area (Å²) < 4.78 is 41.6. The first kappa shape index (κ1) is 22.8. The molecule has 6 nitrogen and oxygen atoms in total. The zero-order valence-electron chi connectivity index (χ0n) is 17.6. The summed E-state index contributed by atoms with van der Waals surface area (Å²) in [5.74, 6) is -1.18. The molecule has 2 aliphatic heterocycles. The van der Waals surface area contributed by atoms with E-state index in [9.17, 15) is 27.9 Å². The largest absolute Gasteiger partial charge is 0.480 e. The van der Waals surface area contributed by atoms with Gasteiger partial charge in [0, 0.05) is 30.2 Å². The van der Waals surface area contributed by atoms with Crippen LogP contribution in [-0.4, -0.2) is 41.1 Å². The number of amides is 1. The summed E-state index contributed by atoms with van der Waals surface area (Å²) in [7, 11) is 0. The van der Waals surface area contributed by atoms with Gasteiger partial charge in [0.25, 0.3) is 0 Å². The average molecular weight is 461 g/mol. The maximum Gasteiger partial charge on any atom is 0.417 e. The van der Waals surface area contributed by atoms with Crippen molar-refractivity contribution in [2.45, 2.75) is 37.9 Å². The molecule has 0 spiro atoms. The van der Waals surface area contributed by atoms with Gasteiger partial charge in [-0.15, -0.1) is 0 Å². The summed E-state index contributed by atoms with van der Waals surface area (Å²) in [5, 5.41) is 9.40. The van der Waals surface area contributed by atoms with Gasteiger partial charge in [0.1, 0.15) is 6.04 Å². The highest BCUT2D eigenvalue weighted by Gasteiger charge is 2.35. The number of benzene rings is 2. The molecule has 0 saturated carbocycles. The molecule has 2 heterocycles. The Balaban J connectivity index is 1.73. The third kappa shape index (κ3) is 4.88. The molecule has 1 atom stereocenters. The normalized spacial score (nSPS) is 18.6. The Kier molecular flexibility index (Phi) is 6.42. The van der Waals surface area contributed by atoms with Crippen molar-refractivity contribution in [2.75, 3.05) is 13.2 Å². The molecular formula is C24H22F3NO5. The third-order valence-electron chi connectivity index (χ3n) is 5.83.